The standard InChI is InChI=1S/C14H16BrN3O/c1-9-7-14(16)18(17-9)12-3-2-6-19-13-5-4-10(15)8-11(12)13/h4-5,7-8,12H,2-3,6,16H2,1H3. The predicted octanol–water partition coefficient (Wildman–Crippen LogP) is 3.30. The molecular weight excluding hydrogens is 306 g/mol. The summed E-state index contributed by atoms with van der Waals surface area (Å²) in [7, 11) is 0. The molecule has 100 valence electrons. The fourth-order valence-corrected chi connectivity index (χ4v) is 2.94. The van der Waals surface area contributed by atoms with Crippen LogP contribution in [-0.4, -0.2) is 16.4 Å². The Bertz CT molecular complexity index is 609. The van der Waals surface area contributed by atoms with Crippen molar-refractivity contribution in [1.29, 1.82) is 0 Å². The molecule has 19 heavy (non-hydrogen) atoms. The Hall–Kier alpha value is -1.49. The van der Waals surface area contributed by atoms with Gasteiger partial charge in [-0.1, -0.05) is 15.9 Å². The first-order chi connectivity index (χ1) is 9.15. The van der Waals surface area contributed by atoms with Gasteiger partial charge in [-0.25, -0.2) is 4.68 Å². The van der Waals surface area contributed by atoms with Crippen molar-refractivity contribution < 1.29 is 4.74 Å². The fraction of sp³-hybridized carbons (Fsp3) is 0.357. The van der Waals surface area contributed by atoms with Gasteiger partial charge in [-0.2, -0.15) is 5.10 Å². The summed E-state index contributed by atoms with van der Waals surface area (Å²) in [4.78, 5) is 0. The van der Waals surface area contributed by atoms with Crippen LogP contribution in [0.3, 0.4) is 0 Å². The van der Waals surface area contributed by atoms with E-state index in [1.807, 2.05) is 29.8 Å². The highest BCUT2D eigenvalue weighted by Gasteiger charge is 2.23. The molecule has 1 unspecified atom stereocenters. The van der Waals surface area contributed by atoms with Gasteiger partial charge in [0.1, 0.15) is 11.6 Å². The predicted molar refractivity (Wildman–Crippen MR) is 78.4 cm³/mol. The molecule has 2 aromatic rings. The van der Waals surface area contributed by atoms with E-state index in [9.17, 15) is 0 Å². The lowest BCUT2D eigenvalue weighted by atomic mass is 10.0. The zero-order chi connectivity index (χ0) is 13.4. The summed E-state index contributed by atoms with van der Waals surface area (Å²) in [6.07, 6.45) is 1.98. The summed E-state index contributed by atoms with van der Waals surface area (Å²) in [6.45, 7) is 2.70. The first kappa shape index (κ1) is 12.5. The summed E-state index contributed by atoms with van der Waals surface area (Å²) in [5.41, 5.74) is 8.15. The molecule has 1 aromatic carbocycles. The molecule has 2 heterocycles. The normalized spacial score (nSPS) is 18.5. The number of hydrogen-bond donors (Lipinski definition) is 1. The van der Waals surface area contributed by atoms with E-state index >= 15 is 0 Å². The van der Waals surface area contributed by atoms with E-state index in [-0.39, 0.29) is 6.04 Å². The fourth-order valence-electron chi connectivity index (χ4n) is 2.57. The maximum Gasteiger partial charge on any atom is 0.124 e. The lowest BCUT2D eigenvalue weighted by Gasteiger charge is -2.18. The Balaban J connectivity index is 2.12. The Morgan fingerprint density at radius 2 is 2.26 bits per heavy atom. The average Bonchev–Trinajstić information content (AvgIpc) is 2.60. The van der Waals surface area contributed by atoms with Crippen LogP contribution in [0.15, 0.2) is 28.7 Å². The van der Waals surface area contributed by atoms with Gasteiger partial charge in [0.05, 0.1) is 18.3 Å². The summed E-state index contributed by atoms with van der Waals surface area (Å²) in [6, 6.07) is 8.15. The number of anilines is 1. The smallest absolute Gasteiger partial charge is 0.124 e. The van der Waals surface area contributed by atoms with Crippen LogP contribution >= 0.6 is 15.9 Å². The van der Waals surface area contributed by atoms with Crippen molar-refractivity contribution in [3.05, 3.63) is 40.0 Å². The van der Waals surface area contributed by atoms with Crippen molar-refractivity contribution in [2.75, 3.05) is 12.3 Å². The summed E-state index contributed by atoms with van der Waals surface area (Å²) in [5.74, 6) is 1.63. The molecule has 0 amide bonds. The van der Waals surface area contributed by atoms with Crippen LogP contribution in [0.4, 0.5) is 5.82 Å². The van der Waals surface area contributed by atoms with Gasteiger partial charge in [0.15, 0.2) is 0 Å². The molecule has 0 bridgehead atoms. The van der Waals surface area contributed by atoms with E-state index < -0.39 is 0 Å². The molecule has 0 aliphatic carbocycles. The number of ether oxygens (including phenoxy) is 1. The second-order valence-electron chi connectivity index (χ2n) is 4.84. The van der Waals surface area contributed by atoms with E-state index in [0.717, 1.165) is 40.9 Å². The van der Waals surface area contributed by atoms with Crippen molar-refractivity contribution in [3.63, 3.8) is 0 Å². The molecule has 0 radical (unpaired) electrons. The van der Waals surface area contributed by atoms with E-state index in [1.54, 1.807) is 0 Å². The molecule has 0 saturated heterocycles. The van der Waals surface area contributed by atoms with E-state index in [1.165, 1.54) is 0 Å². The van der Waals surface area contributed by atoms with Crippen LogP contribution in [0, 0.1) is 6.92 Å². The van der Waals surface area contributed by atoms with Crippen molar-refractivity contribution >= 4 is 21.7 Å². The van der Waals surface area contributed by atoms with Gasteiger partial charge in [0.2, 0.25) is 0 Å². The quantitative estimate of drug-likeness (QED) is 0.876. The molecule has 0 spiro atoms. The number of nitrogens with zero attached hydrogens (tertiary/aromatic N) is 2. The molecule has 1 aromatic heterocycles. The average molecular weight is 322 g/mol. The van der Waals surface area contributed by atoms with E-state index in [4.69, 9.17) is 10.5 Å². The van der Waals surface area contributed by atoms with Crippen molar-refractivity contribution in [1.82, 2.24) is 9.78 Å². The van der Waals surface area contributed by atoms with E-state index in [2.05, 4.69) is 27.1 Å². The van der Waals surface area contributed by atoms with Crippen LogP contribution in [0.1, 0.15) is 30.1 Å². The SMILES string of the molecule is Cc1cc(N)n(C2CCCOc3ccc(Br)cc32)n1. The van der Waals surface area contributed by atoms with Crippen molar-refractivity contribution in [2.24, 2.45) is 0 Å². The number of aryl methyl sites for hydroxylation is 1. The Labute approximate surface area is 120 Å². The number of aromatic nitrogens is 2. The minimum Gasteiger partial charge on any atom is -0.493 e. The monoisotopic (exact) mass is 321 g/mol. The summed E-state index contributed by atoms with van der Waals surface area (Å²) in [5, 5.41) is 4.52. The number of nitrogen functional groups attached to an aromatic ring is 1. The highest BCUT2D eigenvalue weighted by atomic mass is 79.9. The number of fused-ring (bicyclic) bond motifs is 1. The van der Waals surface area contributed by atoms with E-state index in [0.29, 0.717) is 5.82 Å². The summed E-state index contributed by atoms with van der Waals surface area (Å²) >= 11 is 3.52. The number of halogens is 1. The third-order valence-corrected chi connectivity index (χ3v) is 3.89. The zero-order valence-electron chi connectivity index (χ0n) is 10.8. The van der Waals surface area contributed by atoms with Gasteiger partial charge in [-0.05, 0) is 38.0 Å². The molecule has 2 N–H and O–H groups in total. The van der Waals surface area contributed by atoms with Gasteiger partial charge in [0.25, 0.3) is 0 Å². The first-order valence-corrected chi connectivity index (χ1v) is 7.18. The lowest BCUT2D eigenvalue weighted by Crippen LogP contribution is -2.14. The van der Waals surface area contributed by atoms with Crippen molar-refractivity contribution in [2.45, 2.75) is 25.8 Å². The molecule has 4 nitrogen and oxygen atoms in total. The highest BCUT2D eigenvalue weighted by molar-refractivity contribution is 9.10. The zero-order valence-corrected chi connectivity index (χ0v) is 12.4. The number of hydrogen-bond acceptors (Lipinski definition) is 3. The second-order valence-corrected chi connectivity index (χ2v) is 5.76. The topological polar surface area (TPSA) is 53.1 Å². The maximum absolute atomic E-state index is 6.07. The Morgan fingerprint density at radius 1 is 1.42 bits per heavy atom. The third-order valence-electron chi connectivity index (χ3n) is 3.39. The molecular formula is C14H16BrN3O. The largest absolute Gasteiger partial charge is 0.493 e. The Kier molecular flexibility index (Phi) is 3.22. The van der Waals surface area contributed by atoms with Gasteiger partial charge in [-0.3, -0.25) is 0 Å². The van der Waals surface area contributed by atoms with Crippen LogP contribution in [0.5, 0.6) is 5.75 Å². The third kappa shape index (κ3) is 2.34. The molecule has 1 atom stereocenters. The number of benzene rings is 1. The number of nitrogens with two attached hydrogens (primary N) is 1. The molecule has 1 aliphatic heterocycles. The second kappa shape index (κ2) is 4.89. The molecule has 1 aliphatic rings. The van der Waals surface area contributed by atoms with Gasteiger partial charge < -0.3 is 10.5 Å². The minimum atomic E-state index is 0.142. The molecule has 3 rings (SSSR count). The van der Waals surface area contributed by atoms with Gasteiger partial charge in [-0.15, -0.1) is 0 Å². The van der Waals surface area contributed by atoms with Crippen LogP contribution < -0.4 is 10.5 Å². The molecule has 0 fully saturated rings. The lowest BCUT2D eigenvalue weighted by molar-refractivity contribution is 0.315. The summed E-state index contributed by atoms with van der Waals surface area (Å²) < 4.78 is 8.76. The molecule has 0 saturated carbocycles. The van der Waals surface area contributed by atoms with Gasteiger partial charge in [0, 0.05) is 16.1 Å². The van der Waals surface area contributed by atoms with Crippen LogP contribution in [-0.2, 0) is 0 Å². The van der Waals surface area contributed by atoms with Gasteiger partial charge >= 0.3 is 0 Å². The van der Waals surface area contributed by atoms with Crippen LogP contribution in [0.2, 0.25) is 0 Å². The highest BCUT2D eigenvalue weighted by Crippen LogP contribution is 2.36. The number of rotatable bonds is 1. The minimum absolute atomic E-state index is 0.142. The Morgan fingerprint density at radius 3 is 3.00 bits per heavy atom. The maximum atomic E-state index is 6.07. The first-order valence-electron chi connectivity index (χ1n) is 6.39. The van der Waals surface area contributed by atoms with Crippen molar-refractivity contribution in [3.8, 4) is 5.75 Å². The molecule has 5 heteroatoms. The van der Waals surface area contributed by atoms with Crippen LogP contribution in [0.25, 0.3) is 0 Å².